The van der Waals surface area contributed by atoms with E-state index in [-0.39, 0.29) is 12.4 Å². The fourth-order valence-corrected chi connectivity index (χ4v) is 1.57. The van der Waals surface area contributed by atoms with Crippen molar-refractivity contribution in [1.82, 2.24) is 9.78 Å². The highest BCUT2D eigenvalue weighted by molar-refractivity contribution is 14.1. The van der Waals surface area contributed by atoms with Gasteiger partial charge in [-0.3, -0.25) is 9.48 Å². The van der Waals surface area contributed by atoms with E-state index in [9.17, 15) is 4.79 Å². The van der Waals surface area contributed by atoms with Gasteiger partial charge in [-0.25, -0.2) is 0 Å². The highest BCUT2D eigenvalue weighted by atomic mass is 127. The molecule has 0 saturated heterocycles. The molecule has 0 fully saturated rings. The Morgan fingerprint density at radius 3 is 2.60 bits per heavy atom. The van der Waals surface area contributed by atoms with Gasteiger partial charge in [0.25, 0.3) is 0 Å². The van der Waals surface area contributed by atoms with Crippen LogP contribution in [0.25, 0.3) is 0 Å². The molecule has 1 aromatic rings. The zero-order chi connectivity index (χ0) is 11.6. The predicted molar refractivity (Wildman–Crippen MR) is 65.5 cm³/mol. The molecule has 4 nitrogen and oxygen atoms in total. The molecule has 0 saturated carbocycles. The van der Waals surface area contributed by atoms with Gasteiger partial charge in [-0.1, -0.05) is 0 Å². The molecular formula is C10H15IN2O2. The number of esters is 1. The van der Waals surface area contributed by atoms with Crippen LogP contribution in [0, 0.1) is 3.70 Å². The molecule has 0 N–H and O–H groups in total. The fourth-order valence-electron chi connectivity index (χ4n) is 1.12. The number of hydrogen-bond acceptors (Lipinski definition) is 3. The van der Waals surface area contributed by atoms with Gasteiger partial charge in [0.2, 0.25) is 0 Å². The Hall–Kier alpha value is -0.590. The molecule has 0 aromatic carbocycles. The summed E-state index contributed by atoms with van der Waals surface area (Å²) in [5.41, 5.74) is 0.484. The topological polar surface area (TPSA) is 44.1 Å². The van der Waals surface area contributed by atoms with E-state index in [0.29, 0.717) is 0 Å². The number of halogens is 1. The number of nitrogens with zero attached hydrogens (tertiary/aromatic N) is 2. The van der Waals surface area contributed by atoms with Crippen molar-refractivity contribution in [3.05, 3.63) is 15.5 Å². The van der Waals surface area contributed by atoms with E-state index in [1.807, 2.05) is 27.8 Å². The first-order valence-electron chi connectivity index (χ1n) is 4.68. The first kappa shape index (κ1) is 12.5. The Morgan fingerprint density at radius 2 is 2.20 bits per heavy atom. The first-order chi connectivity index (χ1) is 6.79. The molecule has 84 valence electrons. The third-order valence-electron chi connectivity index (χ3n) is 1.69. The maximum Gasteiger partial charge on any atom is 0.310 e. The summed E-state index contributed by atoms with van der Waals surface area (Å²) in [4.78, 5) is 11.5. The average Bonchev–Trinajstić information content (AvgIpc) is 2.32. The summed E-state index contributed by atoms with van der Waals surface area (Å²) in [5, 5.41) is 4.07. The lowest BCUT2D eigenvalue weighted by molar-refractivity contribution is -0.153. The number of carbonyl (C=O) groups is 1. The maximum atomic E-state index is 11.5. The van der Waals surface area contributed by atoms with Crippen LogP contribution in [0.3, 0.4) is 0 Å². The number of carbonyl (C=O) groups excluding carboxylic acids is 1. The van der Waals surface area contributed by atoms with Crippen molar-refractivity contribution in [2.45, 2.75) is 32.8 Å². The van der Waals surface area contributed by atoms with E-state index in [0.717, 1.165) is 9.26 Å². The summed E-state index contributed by atoms with van der Waals surface area (Å²) in [6.07, 6.45) is 1.98. The molecule has 15 heavy (non-hydrogen) atoms. The van der Waals surface area contributed by atoms with Crippen molar-refractivity contribution in [3.63, 3.8) is 0 Å². The molecular weight excluding hydrogens is 307 g/mol. The van der Waals surface area contributed by atoms with Crippen LogP contribution in [-0.4, -0.2) is 21.4 Å². The van der Waals surface area contributed by atoms with E-state index in [4.69, 9.17) is 4.74 Å². The number of ether oxygens (including phenoxy) is 1. The van der Waals surface area contributed by atoms with Gasteiger partial charge in [-0.2, -0.15) is 5.10 Å². The van der Waals surface area contributed by atoms with Crippen LogP contribution in [0.4, 0.5) is 0 Å². The summed E-state index contributed by atoms with van der Waals surface area (Å²) in [5.74, 6) is -0.214. The van der Waals surface area contributed by atoms with Gasteiger partial charge in [-0.05, 0) is 43.4 Å². The molecule has 0 aliphatic rings. The number of aromatic nitrogens is 2. The lowest BCUT2D eigenvalue weighted by Crippen LogP contribution is -2.25. The first-order valence-corrected chi connectivity index (χ1v) is 5.75. The summed E-state index contributed by atoms with van der Waals surface area (Å²) in [6, 6.07) is 0. The van der Waals surface area contributed by atoms with Crippen molar-refractivity contribution >= 4 is 28.6 Å². The average molecular weight is 322 g/mol. The third kappa shape index (κ3) is 3.81. The quantitative estimate of drug-likeness (QED) is 0.617. The molecule has 0 radical (unpaired) electrons. The SMILES string of the molecule is Cn1ncc(CC(=O)OC(C)(C)C)c1I. The minimum absolute atomic E-state index is 0.214. The van der Waals surface area contributed by atoms with Gasteiger partial charge in [0.1, 0.15) is 9.30 Å². The highest BCUT2D eigenvalue weighted by Crippen LogP contribution is 2.14. The van der Waals surface area contributed by atoms with Gasteiger partial charge < -0.3 is 4.74 Å². The summed E-state index contributed by atoms with van der Waals surface area (Å²) in [7, 11) is 1.85. The Balaban J connectivity index is 2.63. The molecule has 1 rings (SSSR count). The van der Waals surface area contributed by atoms with Crippen molar-refractivity contribution in [2.75, 3.05) is 0 Å². The largest absolute Gasteiger partial charge is 0.460 e. The third-order valence-corrected chi connectivity index (χ3v) is 3.08. The molecule has 5 heteroatoms. The van der Waals surface area contributed by atoms with E-state index in [1.165, 1.54) is 0 Å². The van der Waals surface area contributed by atoms with E-state index in [1.54, 1.807) is 10.9 Å². The molecule has 0 bridgehead atoms. The number of rotatable bonds is 2. The highest BCUT2D eigenvalue weighted by Gasteiger charge is 2.18. The van der Waals surface area contributed by atoms with Gasteiger partial charge in [0, 0.05) is 12.6 Å². The Kier molecular flexibility index (Phi) is 3.75. The normalized spacial score (nSPS) is 11.5. The minimum Gasteiger partial charge on any atom is -0.460 e. The second kappa shape index (κ2) is 4.51. The molecule has 0 amide bonds. The van der Waals surface area contributed by atoms with Crippen LogP contribution in [0.1, 0.15) is 26.3 Å². The molecule has 1 heterocycles. The number of aryl methyl sites for hydroxylation is 1. The maximum absolute atomic E-state index is 11.5. The van der Waals surface area contributed by atoms with Crippen molar-refractivity contribution < 1.29 is 9.53 Å². The van der Waals surface area contributed by atoms with Gasteiger partial charge in [0.15, 0.2) is 0 Å². The van der Waals surface area contributed by atoms with Crippen LogP contribution >= 0.6 is 22.6 Å². The predicted octanol–water partition coefficient (Wildman–Crippen LogP) is 1.91. The second-order valence-corrected chi connectivity index (χ2v) is 5.37. The standard InChI is InChI=1S/C10H15IN2O2/c1-10(2,3)15-8(14)5-7-6-12-13(4)9(7)11/h6H,5H2,1-4H3. The monoisotopic (exact) mass is 322 g/mol. The Morgan fingerprint density at radius 1 is 1.60 bits per heavy atom. The smallest absolute Gasteiger partial charge is 0.310 e. The molecule has 0 atom stereocenters. The van der Waals surface area contributed by atoms with Gasteiger partial charge in [0.05, 0.1) is 12.6 Å². The van der Waals surface area contributed by atoms with E-state index >= 15 is 0 Å². The van der Waals surface area contributed by atoms with Crippen LogP contribution < -0.4 is 0 Å². The van der Waals surface area contributed by atoms with Crippen LogP contribution in [-0.2, 0) is 23.0 Å². The number of hydrogen-bond donors (Lipinski definition) is 0. The molecule has 0 aliphatic heterocycles. The van der Waals surface area contributed by atoms with Crippen molar-refractivity contribution in [3.8, 4) is 0 Å². The van der Waals surface area contributed by atoms with E-state index in [2.05, 4.69) is 27.7 Å². The molecule has 0 spiro atoms. The van der Waals surface area contributed by atoms with Crippen LogP contribution in [0.5, 0.6) is 0 Å². The minimum atomic E-state index is -0.426. The molecule has 0 unspecified atom stereocenters. The van der Waals surface area contributed by atoms with Gasteiger partial charge in [-0.15, -0.1) is 0 Å². The zero-order valence-corrected chi connectivity index (χ0v) is 11.5. The summed E-state index contributed by atoms with van der Waals surface area (Å²) >= 11 is 2.16. The fraction of sp³-hybridized carbons (Fsp3) is 0.600. The van der Waals surface area contributed by atoms with Crippen LogP contribution in [0.15, 0.2) is 6.20 Å². The molecule has 1 aromatic heterocycles. The van der Waals surface area contributed by atoms with Gasteiger partial charge >= 0.3 is 5.97 Å². The zero-order valence-electron chi connectivity index (χ0n) is 9.37. The van der Waals surface area contributed by atoms with E-state index < -0.39 is 5.60 Å². The lowest BCUT2D eigenvalue weighted by atomic mass is 10.2. The summed E-state index contributed by atoms with van der Waals surface area (Å²) < 4.78 is 7.93. The lowest BCUT2D eigenvalue weighted by Gasteiger charge is -2.19. The Bertz CT molecular complexity index is 366. The Labute approximate surface area is 103 Å². The molecule has 0 aliphatic carbocycles. The second-order valence-electron chi connectivity index (χ2n) is 4.35. The summed E-state index contributed by atoms with van der Waals surface area (Å²) in [6.45, 7) is 5.58. The van der Waals surface area contributed by atoms with Crippen molar-refractivity contribution in [1.29, 1.82) is 0 Å². The van der Waals surface area contributed by atoms with Crippen molar-refractivity contribution in [2.24, 2.45) is 7.05 Å². The van der Waals surface area contributed by atoms with Crippen LogP contribution in [0.2, 0.25) is 0 Å².